The van der Waals surface area contributed by atoms with Crippen LogP contribution >= 0.6 is 0 Å². The molecule has 3 heteroatoms. The molecule has 0 saturated heterocycles. The van der Waals surface area contributed by atoms with Crippen molar-refractivity contribution in [3.05, 3.63) is 36.2 Å². The molecule has 13 heavy (non-hydrogen) atoms. The van der Waals surface area contributed by atoms with Gasteiger partial charge in [0.05, 0.1) is 11.9 Å². The molecule has 0 spiro atoms. The zero-order valence-corrected chi connectivity index (χ0v) is 10.3. The molecule has 0 atom stereocenters. The maximum Gasteiger partial charge on any atom is 0.0706 e. The second-order valence-electron chi connectivity index (χ2n) is 2.73. The number of aryl methyl sites for hydroxylation is 1. The molecule has 0 aliphatic heterocycles. The first kappa shape index (κ1) is 10.3. The molecule has 0 radical (unpaired) electrons. The third kappa shape index (κ3) is 1.94. The minimum atomic E-state index is 0. The molecule has 0 unspecified atom stereocenters. The predicted octanol–water partition coefficient (Wildman–Crippen LogP) is 2.19. The summed E-state index contributed by atoms with van der Waals surface area (Å²) in [6, 6.07) is 8.19. The molecule has 2 nitrogen and oxygen atoms in total. The third-order valence-electron chi connectivity index (χ3n) is 1.98. The number of hydrogen-bond donors (Lipinski definition) is 0. The van der Waals surface area contributed by atoms with Crippen LogP contribution in [-0.4, -0.2) is 10.2 Å². The van der Waals surface area contributed by atoms with Gasteiger partial charge < -0.3 is 0 Å². The van der Waals surface area contributed by atoms with Crippen LogP contribution in [0.5, 0.6) is 0 Å². The minimum absolute atomic E-state index is 0. The van der Waals surface area contributed by atoms with Crippen molar-refractivity contribution in [2.45, 2.75) is 13.3 Å². The maximum absolute atomic E-state index is 4.08. The summed E-state index contributed by atoms with van der Waals surface area (Å²) in [5.41, 5.74) is 1.08. The summed E-state index contributed by atoms with van der Waals surface area (Å²) < 4.78 is 0. The van der Waals surface area contributed by atoms with Gasteiger partial charge >= 0.3 is 0 Å². The van der Waals surface area contributed by atoms with Crippen LogP contribution in [-0.2, 0) is 27.5 Å². The van der Waals surface area contributed by atoms with Crippen molar-refractivity contribution in [1.82, 2.24) is 10.2 Å². The Bertz CT molecular complexity index is 396. The van der Waals surface area contributed by atoms with Gasteiger partial charge in [-0.15, -0.1) is 0 Å². The first-order valence-corrected chi connectivity index (χ1v) is 4.11. The molecule has 0 bridgehead atoms. The van der Waals surface area contributed by atoms with E-state index in [0.717, 1.165) is 12.1 Å². The van der Waals surface area contributed by atoms with Crippen LogP contribution in [0.1, 0.15) is 12.6 Å². The van der Waals surface area contributed by atoms with Gasteiger partial charge in [-0.05, 0) is 6.42 Å². The standard InChI is InChI=1S/C10H10N2.W/c1-2-10-9-6-4-3-5-8(9)7-11-12-10;/h3-7H,2H2,1H3;. The molecule has 1 heterocycles. The Kier molecular flexibility index (Phi) is 3.56. The van der Waals surface area contributed by atoms with E-state index in [1.54, 1.807) is 6.20 Å². The van der Waals surface area contributed by atoms with E-state index in [1.807, 2.05) is 12.1 Å². The second kappa shape index (κ2) is 4.47. The van der Waals surface area contributed by atoms with E-state index in [-0.39, 0.29) is 21.1 Å². The van der Waals surface area contributed by atoms with Crippen molar-refractivity contribution in [1.29, 1.82) is 0 Å². The van der Waals surface area contributed by atoms with Crippen LogP contribution in [0.2, 0.25) is 0 Å². The summed E-state index contributed by atoms with van der Waals surface area (Å²) >= 11 is 0. The molecule has 1 aromatic carbocycles. The van der Waals surface area contributed by atoms with E-state index in [9.17, 15) is 0 Å². The van der Waals surface area contributed by atoms with E-state index >= 15 is 0 Å². The predicted molar refractivity (Wildman–Crippen MR) is 48.9 cm³/mol. The number of benzene rings is 1. The van der Waals surface area contributed by atoms with E-state index in [4.69, 9.17) is 0 Å². The molecule has 1 aromatic heterocycles. The zero-order valence-electron chi connectivity index (χ0n) is 7.40. The smallest absolute Gasteiger partial charge is 0.0706 e. The van der Waals surface area contributed by atoms with E-state index < -0.39 is 0 Å². The van der Waals surface area contributed by atoms with Crippen LogP contribution in [0.15, 0.2) is 30.5 Å². The molecule has 0 N–H and O–H groups in total. The molecule has 66 valence electrons. The van der Waals surface area contributed by atoms with Crippen molar-refractivity contribution in [3.63, 3.8) is 0 Å². The molecule has 0 aliphatic carbocycles. The Labute approximate surface area is 91.6 Å². The molecule has 0 aliphatic rings. The summed E-state index contributed by atoms with van der Waals surface area (Å²) in [4.78, 5) is 0. The van der Waals surface area contributed by atoms with Crippen LogP contribution in [0.25, 0.3) is 10.8 Å². The summed E-state index contributed by atoms with van der Waals surface area (Å²) in [5, 5.41) is 10.4. The summed E-state index contributed by atoms with van der Waals surface area (Å²) in [5.74, 6) is 0. The molecule has 2 aromatic rings. The van der Waals surface area contributed by atoms with Crippen LogP contribution in [0.3, 0.4) is 0 Å². The Balaban J connectivity index is 0.000000845. The normalized spacial score (nSPS) is 9.62. The number of hydrogen-bond acceptors (Lipinski definition) is 2. The van der Waals surface area contributed by atoms with Crippen LogP contribution in [0, 0.1) is 0 Å². The number of fused-ring (bicyclic) bond motifs is 1. The summed E-state index contributed by atoms with van der Waals surface area (Å²) in [6.45, 7) is 2.09. The monoisotopic (exact) mass is 342 g/mol. The topological polar surface area (TPSA) is 25.8 Å². The fourth-order valence-corrected chi connectivity index (χ4v) is 1.35. The van der Waals surface area contributed by atoms with Gasteiger partial charge in [-0.25, -0.2) is 0 Å². The van der Waals surface area contributed by atoms with E-state index in [2.05, 4.69) is 29.3 Å². The van der Waals surface area contributed by atoms with Gasteiger partial charge in [0.15, 0.2) is 0 Å². The number of aromatic nitrogens is 2. The minimum Gasteiger partial charge on any atom is -0.158 e. The van der Waals surface area contributed by atoms with Gasteiger partial charge in [-0.1, -0.05) is 31.2 Å². The fraction of sp³-hybridized carbons (Fsp3) is 0.200. The molecular formula is C10H10N2W. The van der Waals surface area contributed by atoms with Crippen molar-refractivity contribution in [3.8, 4) is 0 Å². The van der Waals surface area contributed by atoms with Gasteiger partial charge in [-0.2, -0.15) is 10.2 Å². The summed E-state index contributed by atoms with van der Waals surface area (Å²) in [7, 11) is 0. The Hall–Kier alpha value is -0.752. The van der Waals surface area contributed by atoms with Gasteiger partial charge in [0, 0.05) is 31.8 Å². The molecule has 0 amide bonds. The average Bonchev–Trinajstić information content (AvgIpc) is 2.17. The van der Waals surface area contributed by atoms with Crippen LogP contribution in [0.4, 0.5) is 0 Å². The molecule has 0 fully saturated rings. The van der Waals surface area contributed by atoms with E-state index in [0.29, 0.717) is 0 Å². The Morgan fingerprint density at radius 1 is 1.23 bits per heavy atom. The van der Waals surface area contributed by atoms with Crippen molar-refractivity contribution >= 4 is 10.8 Å². The average molecular weight is 342 g/mol. The van der Waals surface area contributed by atoms with Gasteiger partial charge in [0.1, 0.15) is 0 Å². The van der Waals surface area contributed by atoms with Crippen molar-refractivity contribution in [2.24, 2.45) is 0 Å². The van der Waals surface area contributed by atoms with Gasteiger partial charge in [0.2, 0.25) is 0 Å². The molecule has 2 rings (SSSR count). The first-order valence-electron chi connectivity index (χ1n) is 4.11. The number of nitrogens with zero attached hydrogens (tertiary/aromatic N) is 2. The molecular weight excluding hydrogens is 332 g/mol. The fourth-order valence-electron chi connectivity index (χ4n) is 1.35. The Morgan fingerprint density at radius 3 is 2.77 bits per heavy atom. The SMILES string of the molecule is CCc1nncc2ccccc12.[W]. The van der Waals surface area contributed by atoms with Gasteiger partial charge in [-0.3, -0.25) is 0 Å². The Morgan fingerprint density at radius 2 is 2.00 bits per heavy atom. The summed E-state index contributed by atoms with van der Waals surface area (Å²) in [6.07, 6.45) is 2.74. The van der Waals surface area contributed by atoms with Crippen LogP contribution < -0.4 is 0 Å². The second-order valence-corrected chi connectivity index (χ2v) is 2.73. The first-order chi connectivity index (χ1) is 5.92. The zero-order chi connectivity index (χ0) is 8.39. The molecule has 0 saturated carbocycles. The maximum atomic E-state index is 4.08. The van der Waals surface area contributed by atoms with Crippen molar-refractivity contribution in [2.75, 3.05) is 0 Å². The number of rotatable bonds is 1. The van der Waals surface area contributed by atoms with Gasteiger partial charge in [0.25, 0.3) is 0 Å². The quantitative estimate of drug-likeness (QED) is 0.794. The van der Waals surface area contributed by atoms with Crippen molar-refractivity contribution < 1.29 is 21.1 Å². The third-order valence-corrected chi connectivity index (χ3v) is 1.98. The van der Waals surface area contributed by atoms with E-state index in [1.165, 1.54) is 10.8 Å². The largest absolute Gasteiger partial charge is 0.158 e.